The molecule has 3 atom stereocenters. The Labute approximate surface area is 156 Å². The van der Waals surface area contributed by atoms with E-state index in [1.165, 1.54) is 7.11 Å². The Balaban J connectivity index is 3.13. The van der Waals surface area contributed by atoms with E-state index in [-0.39, 0.29) is 0 Å². The third-order valence-corrected chi connectivity index (χ3v) is 3.85. The van der Waals surface area contributed by atoms with E-state index >= 15 is 0 Å². The van der Waals surface area contributed by atoms with Crippen molar-refractivity contribution in [2.24, 2.45) is 5.92 Å². The van der Waals surface area contributed by atoms with Crippen LogP contribution in [-0.4, -0.2) is 58.3 Å². The topological polar surface area (TPSA) is 117 Å². The fraction of sp³-hybridized carbons (Fsp3) is 0.444. The molecule has 0 aromatic heterocycles. The van der Waals surface area contributed by atoms with Crippen LogP contribution in [0.2, 0.25) is 0 Å². The fourth-order valence-corrected chi connectivity index (χ4v) is 2.45. The highest BCUT2D eigenvalue weighted by atomic mass is 16.5. The molecule has 0 aliphatic carbocycles. The highest BCUT2D eigenvalue weighted by molar-refractivity contribution is 5.92. The van der Waals surface area contributed by atoms with Crippen molar-refractivity contribution in [1.82, 2.24) is 5.32 Å². The van der Waals surface area contributed by atoms with Crippen molar-refractivity contribution in [3.63, 3.8) is 0 Å². The van der Waals surface area contributed by atoms with E-state index in [4.69, 9.17) is 4.74 Å². The molecule has 148 valence electrons. The van der Waals surface area contributed by atoms with Crippen molar-refractivity contribution in [3.05, 3.63) is 35.9 Å². The van der Waals surface area contributed by atoms with Crippen LogP contribution in [0, 0.1) is 5.92 Å². The minimum absolute atomic E-state index is 0.480. The second-order valence-electron chi connectivity index (χ2n) is 5.45. The predicted octanol–water partition coefficient (Wildman–Crippen LogP) is 0.384. The molecule has 0 aliphatic rings. The van der Waals surface area contributed by atoms with Gasteiger partial charge in [-0.15, -0.1) is 0 Å². The summed E-state index contributed by atoms with van der Waals surface area (Å²) >= 11 is 0. The first-order valence-electron chi connectivity index (χ1n) is 8.00. The van der Waals surface area contributed by atoms with E-state index < -0.39 is 48.3 Å². The molecule has 9 heteroatoms. The maximum Gasteiger partial charge on any atom is 0.329 e. The number of amides is 1. The zero-order valence-corrected chi connectivity index (χ0v) is 15.6. The van der Waals surface area contributed by atoms with Gasteiger partial charge in [0.1, 0.15) is 6.04 Å². The summed E-state index contributed by atoms with van der Waals surface area (Å²) in [4.78, 5) is 48.6. The molecule has 0 saturated carbocycles. The van der Waals surface area contributed by atoms with Crippen LogP contribution in [0.3, 0.4) is 0 Å². The Morgan fingerprint density at radius 1 is 0.889 bits per heavy atom. The number of hydrogen-bond acceptors (Lipinski definition) is 8. The molecular weight excluding hydrogens is 358 g/mol. The van der Waals surface area contributed by atoms with Crippen LogP contribution in [0.4, 0.5) is 0 Å². The lowest BCUT2D eigenvalue weighted by Gasteiger charge is -2.25. The van der Waals surface area contributed by atoms with Gasteiger partial charge in [-0.05, 0) is 5.56 Å². The van der Waals surface area contributed by atoms with Crippen molar-refractivity contribution >= 4 is 23.8 Å². The van der Waals surface area contributed by atoms with Crippen molar-refractivity contribution in [3.8, 4) is 0 Å². The molecule has 1 rings (SSSR count). The van der Waals surface area contributed by atoms with Crippen molar-refractivity contribution in [1.29, 1.82) is 0 Å². The highest BCUT2D eigenvalue weighted by Crippen LogP contribution is 2.19. The average molecular weight is 381 g/mol. The van der Waals surface area contributed by atoms with Crippen LogP contribution >= 0.6 is 0 Å². The van der Waals surface area contributed by atoms with Crippen molar-refractivity contribution in [2.45, 2.75) is 18.6 Å². The number of nitrogens with one attached hydrogen (secondary N) is 1. The third-order valence-electron chi connectivity index (χ3n) is 3.85. The molecule has 0 aliphatic heterocycles. The molecule has 0 fully saturated rings. The van der Waals surface area contributed by atoms with Crippen LogP contribution < -0.4 is 5.32 Å². The van der Waals surface area contributed by atoms with Gasteiger partial charge in [-0.3, -0.25) is 14.4 Å². The number of esters is 3. The normalized spacial score (nSPS) is 13.6. The molecule has 1 amide bonds. The number of rotatable bonds is 9. The largest absolute Gasteiger partial charge is 0.469 e. The first-order valence-corrected chi connectivity index (χ1v) is 8.00. The molecule has 27 heavy (non-hydrogen) atoms. The summed E-state index contributed by atoms with van der Waals surface area (Å²) in [5, 5.41) is 2.41. The number of carbonyl (C=O) groups excluding carboxylic acids is 4. The van der Waals surface area contributed by atoms with Gasteiger partial charge in [0.2, 0.25) is 0 Å². The quantitative estimate of drug-likeness (QED) is 0.482. The summed E-state index contributed by atoms with van der Waals surface area (Å²) in [6.45, 7) is 0. The monoisotopic (exact) mass is 381 g/mol. The standard InChI is InChI=1S/C18H23NO8/c1-24-13(20)10-12(17(22)26-3)14(18(23)27-4)19-16(21)15(25-2)11-8-6-5-7-9-11/h5-9,12,14-15H,10H2,1-4H3,(H,19,21)/t12-,14+,15-/m0/s1. The molecule has 0 spiro atoms. The Hall–Kier alpha value is -2.94. The van der Waals surface area contributed by atoms with Crippen LogP contribution in [0.15, 0.2) is 30.3 Å². The average Bonchev–Trinajstić information content (AvgIpc) is 2.70. The van der Waals surface area contributed by atoms with E-state index in [1.54, 1.807) is 30.3 Å². The number of hydrogen-bond donors (Lipinski definition) is 1. The fourth-order valence-electron chi connectivity index (χ4n) is 2.45. The Bertz CT molecular complexity index is 661. The Morgan fingerprint density at radius 3 is 1.96 bits per heavy atom. The van der Waals surface area contributed by atoms with Gasteiger partial charge in [0.15, 0.2) is 6.10 Å². The van der Waals surface area contributed by atoms with Gasteiger partial charge >= 0.3 is 17.9 Å². The zero-order chi connectivity index (χ0) is 20.4. The molecule has 1 N–H and O–H groups in total. The summed E-state index contributed by atoms with van der Waals surface area (Å²) in [7, 11) is 4.67. The molecule has 1 aromatic carbocycles. The lowest BCUT2D eigenvalue weighted by Crippen LogP contribution is -2.51. The van der Waals surface area contributed by atoms with Crippen molar-refractivity contribution < 1.29 is 38.1 Å². The van der Waals surface area contributed by atoms with Crippen LogP contribution in [0.1, 0.15) is 18.1 Å². The number of benzene rings is 1. The number of methoxy groups -OCH3 is 4. The zero-order valence-electron chi connectivity index (χ0n) is 15.6. The molecular formula is C18H23NO8. The van der Waals surface area contributed by atoms with Gasteiger partial charge in [-0.25, -0.2) is 4.79 Å². The van der Waals surface area contributed by atoms with E-state index in [0.717, 1.165) is 21.3 Å². The van der Waals surface area contributed by atoms with Gasteiger partial charge in [-0.2, -0.15) is 0 Å². The van der Waals surface area contributed by atoms with Gasteiger partial charge in [-0.1, -0.05) is 30.3 Å². The van der Waals surface area contributed by atoms with Gasteiger partial charge in [0.05, 0.1) is 33.7 Å². The van der Waals surface area contributed by atoms with Crippen LogP contribution in [0.25, 0.3) is 0 Å². The summed E-state index contributed by atoms with van der Waals surface area (Å²) in [5.41, 5.74) is 0.545. The highest BCUT2D eigenvalue weighted by Gasteiger charge is 2.39. The molecule has 0 saturated heterocycles. The first kappa shape index (κ1) is 22.1. The molecule has 9 nitrogen and oxygen atoms in total. The summed E-state index contributed by atoms with van der Waals surface area (Å²) in [5.74, 6) is -4.54. The Kier molecular flexibility index (Phi) is 8.94. The van der Waals surface area contributed by atoms with Crippen LogP contribution in [-0.2, 0) is 38.1 Å². The molecule has 1 aromatic rings. The Morgan fingerprint density at radius 2 is 1.48 bits per heavy atom. The lowest BCUT2D eigenvalue weighted by atomic mass is 9.95. The summed E-state index contributed by atoms with van der Waals surface area (Å²) in [6.07, 6.45) is -1.51. The summed E-state index contributed by atoms with van der Waals surface area (Å²) < 4.78 is 19.1. The van der Waals surface area contributed by atoms with Gasteiger partial charge in [0, 0.05) is 7.11 Å². The lowest BCUT2D eigenvalue weighted by molar-refractivity contribution is -0.160. The minimum Gasteiger partial charge on any atom is -0.469 e. The molecule has 0 bridgehead atoms. The first-order chi connectivity index (χ1) is 12.9. The van der Waals surface area contributed by atoms with E-state index in [1.807, 2.05) is 0 Å². The molecule has 0 unspecified atom stereocenters. The molecule has 0 radical (unpaired) electrons. The SMILES string of the molecule is COC(=O)C[C@H](C(=O)OC)[C@@H](NC(=O)[C@@H](OC)c1ccccc1)C(=O)OC. The van der Waals surface area contributed by atoms with Crippen molar-refractivity contribution in [2.75, 3.05) is 28.4 Å². The number of ether oxygens (including phenoxy) is 4. The second-order valence-corrected chi connectivity index (χ2v) is 5.45. The maximum atomic E-state index is 12.7. The third kappa shape index (κ3) is 6.07. The molecule has 0 heterocycles. The predicted molar refractivity (Wildman–Crippen MR) is 92.3 cm³/mol. The maximum absolute atomic E-state index is 12.7. The van der Waals surface area contributed by atoms with Gasteiger partial charge in [0.25, 0.3) is 5.91 Å². The smallest absolute Gasteiger partial charge is 0.329 e. The van der Waals surface area contributed by atoms with Gasteiger partial charge < -0.3 is 24.3 Å². The number of carbonyl (C=O) groups is 4. The van der Waals surface area contributed by atoms with E-state index in [9.17, 15) is 19.2 Å². The van der Waals surface area contributed by atoms with E-state index in [0.29, 0.717) is 5.56 Å². The van der Waals surface area contributed by atoms with E-state index in [2.05, 4.69) is 19.5 Å². The summed E-state index contributed by atoms with van der Waals surface area (Å²) in [6, 6.07) is 7.10. The van der Waals surface area contributed by atoms with Crippen LogP contribution in [0.5, 0.6) is 0 Å². The minimum atomic E-state index is -1.46. The second kappa shape index (κ2) is 10.9.